The fourth-order valence-electron chi connectivity index (χ4n) is 1.36. The van der Waals surface area contributed by atoms with Crippen molar-refractivity contribution in [1.82, 2.24) is 5.32 Å². The summed E-state index contributed by atoms with van der Waals surface area (Å²) in [7, 11) is 1.94. The highest BCUT2D eigenvalue weighted by Gasteiger charge is 1.95. The van der Waals surface area contributed by atoms with Gasteiger partial charge >= 0.3 is 0 Å². The van der Waals surface area contributed by atoms with Crippen molar-refractivity contribution in [2.24, 2.45) is 0 Å². The highest BCUT2D eigenvalue weighted by Crippen LogP contribution is 2.11. The third-order valence-corrected chi connectivity index (χ3v) is 2.24. The molecule has 0 radical (unpaired) electrons. The largest absolute Gasteiger partial charge is 0.319 e. The van der Waals surface area contributed by atoms with Crippen molar-refractivity contribution in [3.63, 3.8) is 0 Å². The number of aryl methyl sites for hydroxylation is 1. The lowest BCUT2D eigenvalue weighted by Gasteiger charge is -1.99. The van der Waals surface area contributed by atoms with Gasteiger partial charge in [-0.2, -0.15) is 5.26 Å². The van der Waals surface area contributed by atoms with Gasteiger partial charge < -0.3 is 5.32 Å². The van der Waals surface area contributed by atoms with Crippen LogP contribution in [-0.2, 0) is 0 Å². The van der Waals surface area contributed by atoms with E-state index >= 15 is 0 Å². The van der Waals surface area contributed by atoms with E-state index in [0.29, 0.717) is 0 Å². The van der Waals surface area contributed by atoms with Crippen LogP contribution >= 0.6 is 0 Å². The average Bonchev–Trinajstić information content (AvgIpc) is 2.25. The standard InChI is InChI=1S/C13H16N2/c1-11-9-12(5-3-4-8-15-2)6-7-13(11)10-14/h3,5-7,9,15H,4,8H2,1-2H3. The molecule has 0 amide bonds. The molecule has 1 aromatic rings. The van der Waals surface area contributed by atoms with Crippen molar-refractivity contribution in [3.05, 3.63) is 41.0 Å². The molecule has 0 aromatic heterocycles. The number of hydrogen-bond donors (Lipinski definition) is 1. The molecule has 78 valence electrons. The van der Waals surface area contributed by atoms with Gasteiger partial charge in [0.15, 0.2) is 0 Å². The minimum Gasteiger partial charge on any atom is -0.319 e. The second-order valence-electron chi connectivity index (χ2n) is 3.48. The first kappa shape index (κ1) is 11.5. The summed E-state index contributed by atoms with van der Waals surface area (Å²) in [6.07, 6.45) is 5.25. The van der Waals surface area contributed by atoms with Crippen LogP contribution in [-0.4, -0.2) is 13.6 Å². The van der Waals surface area contributed by atoms with Gasteiger partial charge in [-0.1, -0.05) is 24.3 Å². The van der Waals surface area contributed by atoms with Gasteiger partial charge in [0.25, 0.3) is 0 Å². The molecule has 1 rings (SSSR count). The Morgan fingerprint density at radius 2 is 2.27 bits per heavy atom. The molecule has 0 aliphatic carbocycles. The third kappa shape index (κ3) is 3.57. The monoisotopic (exact) mass is 200 g/mol. The molecule has 0 atom stereocenters. The van der Waals surface area contributed by atoms with Gasteiger partial charge in [-0.25, -0.2) is 0 Å². The van der Waals surface area contributed by atoms with Gasteiger partial charge in [0.2, 0.25) is 0 Å². The maximum absolute atomic E-state index is 8.78. The molecule has 1 aromatic carbocycles. The van der Waals surface area contributed by atoms with Gasteiger partial charge in [0.1, 0.15) is 0 Å². The zero-order valence-electron chi connectivity index (χ0n) is 9.25. The molecule has 0 unspecified atom stereocenters. The molecule has 0 saturated carbocycles. The zero-order chi connectivity index (χ0) is 11.1. The molecule has 1 N–H and O–H groups in total. The molecular formula is C13H16N2. The molecule has 0 spiro atoms. The van der Waals surface area contributed by atoms with Gasteiger partial charge in [-0.15, -0.1) is 0 Å². The minimum atomic E-state index is 0.752. The Kier molecular flexibility index (Phi) is 4.59. The molecule has 2 heteroatoms. The minimum absolute atomic E-state index is 0.752. The lowest BCUT2D eigenvalue weighted by Crippen LogP contribution is -2.05. The maximum Gasteiger partial charge on any atom is 0.0994 e. The van der Waals surface area contributed by atoms with Crippen LogP contribution in [0.3, 0.4) is 0 Å². The zero-order valence-corrected chi connectivity index (χ0v) is 9.25. The van der Waals surface area contributed by atoms with Crippen molar-refractivity contribution in [1.29, 1.82) is 5.26 Å². The predicted molar refractivity (Wildman–Crippen MR) is 63.5 cm³/mol. The van der Waals surface area contributed by atoms with Crippen molar-refractivity contribution in [2.75, 3.05) is 13.6 Å². The number of nitrogens with zero attached hydrogens (tertiary/aromatic N) is 1. The van der Waals surface area contributed by atoms with Crippen molar-refractivity contribution in [3.8, 4) is 6.07 Å². The number of hydrogen-bond acceptors (Lipinski definition) is 2. The van der Waals surface area contributed by atoms with Crippen LogP contribution in [0.15, 0.2) is 24.3 Å². The SMILES string of the molecule is CNCCC=Cc1ccc(C#N)c(C)c1. The number of benzene rings is 1. The summed E-state index contributed by atoms with van der Waals surface area (Å²) in [5.41, 5.74) is 2.94. The van der Waals surface area contributed by atoms with Crippen LogP contribution in [0.5, 0.6) is 0 Å². The van der Waals surface area contributed by atoms with Crippen molar-refractivity contribution < 1.29 is 0 Å². The van der Waals surface area contributed by atoms with E-state index in [0.717, 1.165) is 29.7 Å². The summed E-state index contributed by atoms with van der Waals surface area (Å²) in [5, 5.41) is 11.9. The van der Waals surface area contributed by atoms with E-state index < -0.39 is 0 Å². The van der Waals surface area contributed by atoms with E-state index in [-0.39, 0.29) is 0 Å². The van der Waals surface area contributed by atoms with E-state index in [1.54, 1.807) is 0 Å². The fourth-order valence-corrected chi connectivity index (χ4v) is 1.36. The average molecular weight is 200 g/mol. The molecular weight excluding hydrogens is 184 g/mol. The normalized spacial score (nSPS) is 10.5. The van der Waals surface area contributed by atoms with E-state index in [1.807, 2.05) is 32.2 Å². The Morgan fingerprint density at radius 3 is 2.87 bits per heavy atom. The Morgan fingerprint density at radius 1 is 1.47 bits per heavy atom. The molecule has 0 saturated heterocycles. The highest BCUT2D eigenvalue weighted by atomic mass is 14.8. The Balaban J connectivity index is 2.68. The first-order chi connectivity index (χ1) is 7.27. The van der Waals surface area contributed by atoms with Gasteiger partial charge in [-0.05, 0) is 44.1 Å². The molecule has 0 fully saturated rings. The lowest BCUT2D eigenvalue weighted by molar-refractivity contribution is 0.809. The summed E-state index contributed by atoms with van der Waals surface area (Å²) >= 11 is 0. The fraction of sp³-hybridized carbons (Fsp3) is 0.308. The number of nitriles is 1. The smallest absolute Gasteiger partial charge is 0.0994 e. The molecule has 0 bridgehead atoms. The summed E-state index contributed by atoms with van der Waals surface area (Å²) in [6.45, 7) is 2.95. The third-order valence-electron chi connectivity index (χ3n) is 2.24. The van der Waals surface area contributed by atoms with E-state index in [1.165, 1.54) is 0 Å². The first-order valence-corrected chi connectivity index (χ1v) is 5.10. The number of rotatable bonds is 4. The Labute approximate surface area is 91.2 Å². The molecule has 15 heavy (non-hydrogen) atoms. The highest BCUT2D eigenvalue weighted by molar-refractivity contribution is 5.53. The topological polar surface area (TPSA) is 35.8 Å². The van der Waals surface area contributed by atoms with Crippen LogP contribution in [0.25, 0.3) is 6.08 Å². The Hall–Kier alpha value is -1.59. The van der Waals surface area contributed by atoms with E-state index in [9.17, 15) is 0 Å². The van der Waals surface area contributed by atoms with E-state index in [4.69, 9.17) is 5.26 Å². The molecule has 0 aliphatic rings. The van der Waals surface area contributed by atoms with Crippen LogP contribution in [0.1, 0.15) is 23.1 Å². The van der Waals surface area contributed by atoms with Crippen LogP contribution in [0.4, 0.5) is 0 Å². The maximum atomic E-state index is 8.78. The molecule has 2 nitrogen and oxygen atoms in total. The van der Waals surface area contributed by atoms with Crippen LogP contribution in [0.2, 0.25) is 0 Å². The summed E-state index contributed by atoms with van der Waals surface area (Å²) in [4.78, 5) is 0. The summed E-state index contributed by atoms with van der Waals surface area (Å²) in [6, 6.07) is 8.04. The molecule has 0 heterocycles. The second-order valence-corrected chi connectivity index (χ2v) is 3.48. The lowest BCUT2D eigenvalue weighted by atomic mass is 10.1. The summed E-state index contributed by atoms with van der Waals surface area (Å²) < 4.78 is 0. The second kappa shape index (κ2) is 6.00. The van der Waals surface area contributed by atoms with Gasteiger partial charge in [-0.3, -0.25) is 0 Å². The first-order valence-electron chi connectivity index (χ1n) is 5.10. The predicted octanol–water partition coefficient (Wildman–Crippen LogP) is 2.49. The summed E-state index contributed by atoms with van der Waals surface area (Å²) in [5.74, 6) is 0. The van der Waals surface area contributed by atoms with Gasteiger partial charge in [0.05, 0.1) is 11.6 Å². The molecule has 0 aliphatic heterocycles. The Bertz CT molecular complexity index is 386. The number of nitrogens with one attached hydrogen (secondary N) is 1. The van der Waals surface area contributed by atoms with Crippen LogP contribution in [0, 0.1) is 18.3 Å². The van der Waals surface area contributed by atoms with Crippen molar-refractivity contribution >= 4 is 6.08 Å². The van der Waals surface area contributed by atoms with Gasteiger partial charge in [0, 0.05) is 0 Å². The van der Waals surface area contributed by atoms with E-state index in [2.05, 4.69) is 23.5 Å². The quantitative estimate of drug-likeness (QED) is 0.758. The van der Waals surface area contributed by atoms with Crippen molar-refractivity contribution in [2.45, 2.75) is 13.3 Å². The van der Waals surface area contributed by atoms with Crippen LogP contribution < -0.4 is 5.32 Å².